The Labute approximate surface area is 286 Å². The standard InChI is InChI=1S/C33H40BrN9O5/c1-6-21-7-8-22(13-20(21)2)33(48)43(37-12-10-34)25-16-28(42(5)19-25)32(47)39-24-15-27(41(4)18-24)31(46)38-23-14-26(40(3)17-23)30(45)36-11-9-29(35)44/h7-8,13-19,37H,6,9-12H2,1-5H3,(H2,35,44)(H,36,45)(H,38,46)(H,39,47). The van der Waals surface area contributed by atoms with Crippen molar-refractivity contribution in [1.29, 1.82) is 0 Å². The van der Waals surface area contributed by atoms with Crippen LogP contribution in [0.3, 0.4) is 0 Å². The molecule has 0 atom stereocenters. The number of nitrogens with zero attached hydrogens (tertiary/aromatic N) is 4. The van der Waals surface area contributed by atoms with Gasteiger partial charge in [-0.15, -0.1) is 0 Å². The highest BCUT2D eigenvalue weighted by atomic mass is 79.9. The van der Waals surface area contributed by atoms with E-state index in [1.807, 2.05) is 19.1 Å². The van der Waals surface area contributed by atoms with Gasteiger partial charge in [0, 0.05) is 70.1 Å². The average molecular weight is 723 g/mol. The Kier molecular flexibility index (Phi) is 11.6. The minimum absolute atomic E-state index is 0.0118. The molecular formula is C33H40BrN9O5. The molecule has 6 N–H and O–H groups in total. The lowest BCUT2D eigenvalue weighted by atomic mass is 10.0. The van der Waals surface area contributed by atoms with Crippen LogP contribution in [0.25, 0.3) is 0 Å². The summed E-state index contributed by atoms with van der Waals surface area (Å²) in [5, 5.41) is 10.2. The van der Waals surface area contributed by atoms with Crippen molar-refractivity contribution in [2.75, 3.05) is 34.1 Å². The Bertz CT molecular complexity index is 1860. The molecule has 0 saturated heterocycles. The molecule has 0 bridgehead atoms. The number of benzene rings is 1. The van der Waals surface area contributed by atoms with Crippen molar-refractivity contribution in [2.45, 2.75) is 26.7 Å². The second-order valence-corrected chi connectivity index (χ2v) is 12.1. The third kappa shape index (κ3) is 8.41. The summed E-state index contributed by atoms with van der Waals surface area (Å²) in [5.74, 6) is -2.10. The molecule has 3 heterocycles. The zero-order valence-electron chi connectivity index (χ0n) is 27.5. The van der Waals surface area contributed by atoms with Crippen LogP contribution < -0.4 is 32.1 Å². The fourth-order valence-electron chi connectivity index (χ4n) is 5.18. The van der Waals surface area contributed by atoms with Gasteiger partial charge in [-0.2, -0.15) is 0 Å². The molecular weight excluding hydrogens is 682 g/mol. The van der Waals surface area contributed by atoms with E-state index in [9.17, 15) is 24.0 Å². The summed E-state index contributed by atoms with van der Waals surface area (Å²) in [6.45, 7) is 4.61. The number of amides is 5. The zero-order chi connectivity index (χ0) is 35.1. The third-order valence-electron chi connectivity index (χ3n) is 7.67. The first-order valence-corrected chi connectivity index (χ1v) is 16.4. The Morgan fingerprint density at radius 3 is 1.90 bits per heavy atom. The maximum Gasteiger partial charge on any atom is 0.272 e. The minimum atomic E-state index is -0.526. The number of aryl methyl sites for hydroxylation is 5. The van der Waals surface area contributed by atoms with Crippen molar-refractivity contribution in [2.24, 2.45) is 26.9 Å². The Hall–Kier alpha value is -5.15. The summed E-state index contributed by atoms with van der Waals surface area (Å²) in [6, 6.07) is 10.3. The van der Waals surface area contributed by atoms with Crippen molar-refractivity contribution < 1.29 is 24.0 Å². The number of aromatic nitrogens is 3. The number of rotatable bonds is 14. The molecule has 0 radical (unpaired) electrons. The fraction of sp³-hybridized carbons (Fsp3) is 0.303. The fourth-order valence-corrected chi connectivity index (χ4v) is 5.36. The quantitative estimate of drug-likeness (QED) is 0.0986. The largest absolute Gasteiger partial charge is 0.370 e. The SMILES string of the molecule is CCc1ccc(C(=O)N(NCCBr)c2cc(C(=O)Nc3cc(C(=O)Nc4cc(C(=O)NCCC(N)=O)n(C)c4)n(C)c3)n(C)c2)cc1C. The Morgan fingerprint density at radius 1 is 0.792 bits per heavy atom. The van der Waals surface area contributed by atoms with E-state index in [0.717, 1.165) is 12.0 Å². The van der Waals surface area contributed by atoms with E-state index in [1.165, 1.54) is 22.7 Å². The minimum Gasteiger partial charge on any atom is -0.370 e. The molecule has 4 rings (SSSR count). The maximum absolute atomic E-state index is 13.6. The van der Waals surface area contributed by atoms with Gasteiger partial charge < -0.3 is 35.4 Å². The summed E-state index contributed by atoms with van der Waals surface area (Å²) in [6.07, 6.45) is 5.76. The Balaban J connectivity index is 1.46. The van der Waals surface area contributed by atoms with Gasteiger partial charge in [0.15, 0.2) is 0 Å². The molecule has 4 aromatic rings. The lowest BCUT2D eigenvalue weighted by Crippen LogP contribution is -2.44. The van der Waals surface area contributed by atoms with Gasteiger partial charge in [0.25, 0.3) is 23.6 Å². The van der Waals surface area contributed by atoms with Crippen molar-refractivity contribution >= 4 is 62.5 Å². The summed E-state index contributed by atoms with van der Waals surface area (Å²) < 4.78 is 4.74. The van der Waals surface area contributed by atoms with Crippen molar-refractivity contribution in [1.82, 2.24) is 24.4 Å². The molecule has 0 saturated carbocycles. The third-order valence-corrected chi connectivity index (χ3v) is 8.06. The molecule has 48 heavy (non-hydrogen) atoms. The lowest BCUT2D eigenvalue weighted by molar-refractivity contribution is -0.117. The molecule has 254 valence electrons. The lowest BCUT2D eigenvalue weighted by Gasteiger charge is -2.22. The van der Waals surface area contributed by atoms with E-state index >= 15 is 0 Å². The molecule has 15 heteroatoms. The van der Waals surface area contributed by atoms with E-state index in [1.54, 1.807) is 65.6 Å². The Morgan fingerprint density at radius 2 is 1.35 bits per heavy atom. The highest BCUT2D eigenvalue weighted by Gasteiger charge is 2.23. The van der Waals surface area contributed by atoms with Gasteiger partial charge in [-0.3, -0.25) is 24.0 Å². The van der Waals surface area contributed by atoms with Crippen LogP contribution in [0.2, 0.25) is 0 Å². The van der Waals surface area contributed by atoms with Crippen LogP contribution in [0, 0.1) is 6.92 Å². The van der Waals surface area contributed by atoms with E-state index in [4.69, 9.17) is 5.73 Å². The molecule has 0 unspecified atom stereocenters. The number of nitrogens with two attached hydrogens (primary N) is 1. The number of primary amides is 1. The molecule has 1 aromatic carbocycles. The number of hydrogen-bond acceptors (Lipinski definition) is 6. The van der Waals surface area contributed by atoms with Gasteiger partial charge in [-0.25, -0.2) is 10.4 Å². The number of hydrogen-bond donors (Lipinski definition) is 5. The smallest absolute Gasteiger partial charge is 0.272 e. The number of halogens is 1. The van der Waals surface area contributed by atoms with Crippen LogP contribution in [0.4, 0.5) is 17.1 Å². The number of carbonyl (C=O) groups excluding carboxylic acids is 5. The van der Waals surface area contributed by atoms with Gasteiger partial charge in [0.2, 0.25) is 5.91 Å². The molecule has 0 aliphatic rings. The number of nitrogens with one attached hydrogen (secondary N) is 4. The molecule has 0 spiro atoms. The van der Waals surface area contributed by atoms with E-state index < -0.39 is 23.6 Å². The average Bonchev–Trinajstić information content (AvgIpc) is 3.72. The highest BCUT2D eigenvalue weighted by Crippen LogP contribution is 2.23. The first-order valence-electron chi connectivity index (χ1n) is 15.2. The van der Waals surface area contributed by atoms with Crippen LogP contribution in [0.15, 0.2) is 55.0 Å². The number of alkyl halides is 1. The summed E-state index contributed by atoms with van der Waals surface area (Å²) in [5.41, 5.74) is 13.1. The molecule has 3 aromatic heterocycles. The van der Waals surface area contributed by atoms with Crippen molar-refractivity contribution in [3.05, 3.63) is 88.8 Å². The summed E-state index contributed by atoms with van der Waals surface area (Å²) in [4.78, 5) is 63.5. The molecule has 14 nitrogen and oxygen atoms in total. The highest BCUT2D eigenvalue weighted by molar-refractivity contribution is 9.09. The number of anilines is 3. The number of hydrazine groups is 1. The number of carbonyl (C=O) groups is 5. The monoisotopic (exact) mass is 721 g/mol. The first-order chi connectivity index (χ1) is 22.8. The van der Waals surface area contributed by atoms with E-state index in [0.29, 0.717) is 40.2 Å². The van der Waals surface area contributed by atoms with E-state index in [2.05, 4.69) is 44.2 Å². The van der Waals surface area contributed by atoms with Crippen LogP contribution >= 0.6 is 15.9 Å². The van der Waals surface area contributed by atoms with Crippen molar-refractivity contribution in [3.8, 4) is 0 Å². The predicted molar refractivity (Wildman–Crippen MR) is 187 cm³/mol. The van der Waals surface area contributed by atoms with Gasteiger partial charge in [0.05, 0.1) is 17.1 Å². The van der Waals surface area contributed by atoms with Gasteiger partial charge in [0.1, 0.15) is 17.1 Å². The summed E-state index contributed by atoms with van der Waals surface area (Å²) >= 11 is 3.39. The second-order valence-electron chi connectivity index (χ2n) is 11.3. The maximum atomic E-state index is 13.6. The molecule has 0 aliphatic heterocycles. The predicted octanol–water partition coefficient (Wildman–Crippen LogP) is 3.23. The first kappa shape index (κ1) is 35.7. The van der Waals surface area contributed by atoms with Crippen LogP contribution in [0.1, 0.15) is 66.3 Å². The molecule has 0 aliphatic carbocycles. The molecule has 0 fully saturated rings. The summed E-state index contributed by atoms with van der Waals surface area (Å²) in [7, 11) is 5.03. The van der Waals surface area contributed by atoms with Gasteiger partial charge in [-0.05, 0) is 54.8 Å². The van der Waals surface area contributed by atoms with Crippen LogP contribution in [-0.2, 0) is 32.4 Å². The van der Waals surface area contributed by atoms with Crippen molar-refractivity contribution in [3.63, 3.8) is 0 Å². The van der Waals surface area contributed by atoms with Crippen LogP contribution in [-0.4, -0.2) is 61.7 Å². The van der Waals surface area contributed by atoms with Gasteiger partial charge in [-0.1, -0.05) is 28.9 Å². The normalized spacial score (nSPS) is 10.9. The van der Waals surface area contributed by atoms with E-state index in [-0.39, 0.29) is 30.3 Å². The zero-order valence-corrected chi connectivity index (χ0v) is 29.1. The van der Waals surface area contributed by atoms with Gasteiger partial charge >= 0.3 is 0 Å². The topological polar surface area (TPSA) is 178 Å². The second kappa shape index (κ2) is 15.6. The molecule has 5 amide bonds. The van der Waals surface area contributed by atoms with Crippen LogP contribution in [0.5, 0.6) is 0 Å².